The third-order valence-corrected chi connectivity index (χ3v) is 2.90. The van der Waals surface area contributed by atoms with Crippen molar-refractivity contribution in [2.75, 3.05) is 12.8 Å². The first-order chi connectivity index (χ1) is 10.5. The average molecular weight is 295 g/mol. The molecule has 1 aromatic heterocycles. The summed E-state index contributed by atoms with van der Waals surface area (Å²) in [4.78, 5) is 20.9. The fourth-order valence-electron chi connectivity index (χ4n) is 1.97. The van der Waals surface area contributed by atoms with E-state index in [9.17, 15) is 10.1 Å². The van der Waals surface area contributed by atoms with Gasteiger partial charge in [0, 0.05) is 17.7 Å². The normalized spacial score (nSPS) is 9.59. The first-order valence-corrected chi connectivity index (χ1v) is 5.90. The summed E-state index contributed by atoms with van der Waals surface area (Å²) in [5.74, 6) is -0.123. The number of ether oxygens (including phenoxy) is 1. The lowest BCUT2D eigenvalue weighted by Crippen LogP contribution is -1.97. The van der Waals surface area contributed by atoms with Gasteiger partial charge in [0.15, 0.2) is 0 Å². The molecule has 0 radical (unpaired) electrons. The molecule has 22 heavy (non-hydrogen) atoms. The molecule has 2 rings (SSSR count). The highest BCUT2D eigenvalue weighted by molar-refractivity contribution is 5.96. The molecule has 8 heteroatoms. The van der Waals surface area contributed by atoms with Crippen molar-refractivity contribution in [1.29, 1.82) is 0 Å². The van der Waals surface area contributed by atoms with Crippen LogP contribution >= 0.6 is 0 Å². The number of nitrogens with zero attached hydrogens (tertiary/aromatic N) is 4. The Balaban J connectivity index is 2.87. The highest BCUT2D eigenvalue weighted by atomic mass is 16.6. The van der Waals surface area contributed by atoms with E-state index < -0.39 is 4.92 Å². The summed E-state index contributed by atoms with van der Waals surface area (Å²) < 4.78 is 5.01. The maximum Gasteiger partial charge on any atom is 0.269 e. The van der Waals surface area contributed by atoms with Gasteiger partial charge < -0.3 is 10.5 Å². The summed E-state index contributed by atoms with van der Waals surface area (Å²) in [7, 11) is 1.32. The molecule has 0 atom stereocenters. The van der Waals surface area contributed by atoms with Gasteiger partial charge in [0.05, 0.1) is 25.2 Å². The Bertz CT molecular complexity index is 849. The number of hydrogen-bond donors (Lipinski definition) is 1. The molecular weight excluding hydrogens is 286 g/mol. The lowest BCUT2D eigenvalue weighted by Gasteiger charge is -2.12. The van der Waals surface area contributed by atoms with Crippen LogP contribution in [-0.2, 0) is 0 Å². The predicted octanol–water partition coefficient (Wildman–Crippen LogP) is 3.35. The number of pyridine rings is 1. The molecule has 0 unspecified atom stereocenters. The standard InChI is InChI=1S/C14H9N5O3/c1-16-11-10(8-5-4-6-9(7-8)19(20)21)12(17-2)14(22-3)18-13(11)15/h4-7H,3H3,(H2,15,18). The number of aromatic nitrogens is 1. The lowest BCUT2D eigenvalue weighted by molar-refractivity contribution is -0.384. The Labute approximate surface area is 125 Å². The first-order valence-electron chi connectivity index (χ1n) is 5.90. The van der Waals surface area contributed by atoms with Gasteiger partial charge in [-0.25, -0.2) is 14.7 Å². The minimum absolute atomic E-state index is 0.0109. The van der Waals surface area contributed by atoms with E-state index in [1.807, 2.05) is 0 Å². The van der Waals surface area contributed by atoms with E-state index in [0.717, 1.165) is 0 Å². The van der Waals surface area contributed by atoms with Crippen LogP contribution < -0.4 is 10.5 Å². The molecule has 0 amide bonds. The van der Waals surface area contributed by atoms with Crippen LogP contribution in [0.1, 0.15) is 0 Å². The molecule has 0 bridgehead atoms. The van der Waals surface area contributed by atoms with Gasteiger partial charge in [-0.2, -0.15) is 0 Å². The molecule has 1 heterocycles. The van der Waals surface area contributed by atoms with Crippen molar-refractivity contribution in [2.24, 2.45) is 0 Å². The van der Waals surface area contributed by atoms with Crippen molar-refractivity contribution in [3.05, 3.63) is 57.2 Å². The number of non-ortho nitro benzene ring substituents is 1. The molecule has 0 saturated carbocycles. The molecule has 0 saturated heterocycles. The number of nitro groups is 1. The van der Waals surface area contributed by atoms with Gasteiger partial charge >= 0.3 is 0 Å². The van der Waals surface area contributed by atoms with Gasteiger partial charge in [-0.3, -0.25) is 10.1 Å². The number of methoxy groups -OCH3 is 1. The highest BCUT2D eigenvalue weighted by Gasteiger charge is 2.22. The van der Waals surface area contributed by atoms with Crippen LogP contribution in [0.2, 0.25) is 0 Å². The Morgan fingerprint density at radius 3 is 2.55 bits per heavy atom. The smallest absolute Gasteiger partial charge is 0.269 e. The van der Waals surface area contributed by atoms with Gasteiger partial charge in [-0.15, -0.1) is 0 Å². The van der Waals surface area contributed by atoms with Crippen molar-refractivity contribution in [1.82, 2.24) is 4.98 Å². The topological polar surface area (TPSA) is 100 Å². The summed E-state index contributed by atoms with van der Waals surface area (Å²) in [6.45, 7) is 14.5. The van der Waals surface area contributed by atoms with Crippen LogP contribution in [0, 0.1) is 23.3 Å². The molecule has 0 aliphatic rings. The van der Waals surface area contributed by atoms with E-state index in [2.05, 4.69) is 14.7 Å². The summed E-state index contributed by atoms with van der Waals surface area (Å²) in [6, 6.07) is 5.63. The maximum atomic E-state index is 10.9. The number of rotatable bonds is 3. The Morgan fingerprint density at radius 2 is 2.00 bits per heavy atom. The summed E-state index contributed by atoms with van der Waals surface area (Å²) in [6.07, 6.45) is 0. The Morgan fingerprint density at radius 1 is 1.32 bits per heavy atom. The second kappa shape index (κ2) is 5.77. The summed E-state index contributed by atoms with van der Waals surface area (Å²) in [5.41, 5.74) is 6.04. The molecule has 0 aliphatic heterocycles. The average Bonchev–Trinajstić information content (AvgIpc) is 2.53. The van der Waals surface area contributed by atoms with Gasteiger partial charge in [0.1, 0.15) is 5.82 Å². The van der Waals surface area contributed by atoms with Gasteiger partial charge in [-0.1, -0.05) is 12.1 Å². The molecule has 2 aromatic rings. The molecule has 8 nitrogen and oxygen atoms in total. The molecule has 0 spiro atoms. The van der Waals surface area contributed by atoms with Crippen LogP contribution in [0.15, 0.2) is 24.3 Å². The fourth-order valence-corrected chi connectivity index (χ4v) is 1.97. The predicted molar refractivity (Wildman–Crippen MR) is 79.8 cm³/mol. The number of nitrogens with two attached hydrogens (primary N) is 1. The van der Waals surface area contributed by atoms with Crippen molar-refractivity contribution in [2.45, 2.75) is 0 Å². The molecule has 1 aromatic carbocycles. The molecule has 2 N–H and O–H groups in total. The van der Waals surface area contributed by atoms with Crippen molar-refractivity contribution in [3.8, 4) is 17.0 Å². The SMILES string of the molecule is [C-]#[N+]c1c(N)nc(OC)c([N+]#[C-])c1-c1cccc([N+](=O)[O-])c1. The second-order valence-corrected chi connectivity index (χ2v) is 4.11. The third-order valence-electron chi connectivity index (χ3n) is 2.90. The number of anilines is 1. The van der Waals surface area contributed by atoms with Gasteiger partial charge in [0.25, 0.3) is 5.69 Å². The maximum absolute atomic E-state index is 10.9. The molecule has 108 valence electrons. The van der Waals surface area contributed by atoms with Crippen LogP contribution in [0.25, 0.3) is 20.8 Å². The highest BCUT2D eigenvalue weighted by Crippen LogP contribution is 2.46. The van der Waals surface area contributed by atoms with Crippen LogP contribution in [-0.4, -0.2) is 17.0 Å². The van der Waals surface area contributed by atoms with Crippen molar-refractivity contribution in [3.63, 3.8) is 0 Å². The van der Waals surface area contributed by atoms with Crippen LogP contribution in [0.3, 0.4) is 0 Å². The largest absolute Gasteiger partial charge is 0.490 e. The minimum Gasteiger partial charge on any atom is -0.490 e. The molecule has 0 aliphatic carbocycles. The van der Waals surface area contributed by atoms with E-state index in [0.29, 0.717) is 5.56 Å². The number of nitrogen functional groups attached to an aromatic ring is 1. The van der Waals surface area contributed by atoms with Crippen LogP contribution in [0.5, 0.6) is 5.88 Å². The number of nitro benzene ring substituents is 1. The van der Waals surface area contributed by atoms with Crippen molar-refractivity contribution < 1.29 is 9.66 Å². The lowest BCUT2D eigenvalue weighted by atomic mass is 10.0. The van der Waals surface area contributed by atoms with E-state index in [-0.39, 0.29) is 34.3 Å². The van der Waals surface area contributed by atoms with E-state index in [1.165, 1.54) is 25.3 Å². The Hall–Kier alpha value is -3.65. The van der Waals surface area contributed by atoms with Gasteiger partial charge in [-0.05, 0) is 5.56 Å². The quantitative estimate of drug-likeness (QED) is 0.531. The zero-order valence-corrected chi connectivity index (χ0v) is 11.4. The fraction of sp³-hybridized carbons (Fsp3) is 0.0714. The van der Waals surface area contributed by atoms with E-state index in [4.69, 9.17) is 23.6 Å². The van der Waals surface area contributed by atoms with Crippen LogP contribution in [0.4, 0.5) is 22.9 Å². The number of hydrogen-bond acceptors (Lipinski definition) is 5. The van der Waals surface area contributed by atoms with E-state index in [1.54, 1.807) is 6.07 Å². The second-order valence-electron chi connectivity index (χ2n) is 4.11. The third kappa shape index (κ3) is 2.37. The zero-order chi connectivity index (χ0) is 16.3. The Kier molecular flexibility index (Phi) is 3.87. The van der Waals surface area contributed by atoms with Gasteiger partial charge in [0.2, 0.25) is 17.3 Å². The zero-order valence-electron chi connectivity index (χ0n) is 11.4. The molecular formula is C14H9N5O3. The first kappa shape index (κ1) is 14.8. The molecule has 0 fully saturated rings. The summed E-state index contributed by atoms with van der Waals surface area (Å²) >= 11 is 0. The van der Waals surface area contributed by atoms with E-state index >= 15 is 0 Å². The van der Waals surface area contributed by atoms with Crippen molar-refractivity contribution >= 4 is 22.9 Å². The minimum atomic E-state index is -0.555. The number of benzene rings is 1. The summed E-state index contributed by atoms with van der Waals surface area (Å²) in [5, 5.41) is 10.9. The monoisotopic (exact) mass is 295 g/mol.